The largest absolute Gasteiger partial charge is 0.325 e. The van der Waals surface area contributed by atoms with Crippen LogP contribution in [0.3, 0.4) is 0 Å². The number of hydrazone groups is 1. The summed E-state index contributed by atoms with van der Waals surface area (Å²) in [5.41, 5.74) is 10.3. The number of halogens is 1. The number of nitrogens with one attached hydrogen (secondary N) is 3. The van der Waals surface area contributed by atoms with Gasteiger partial charge in [0.2, 0.25) is 5.91 Å². The van der Waals surface area contributed by atoms with Gasteiger partial charge in [-0.15, -0.1) is 0 Å². The summed E-state index contributed by atoms with van der Waals surface area (Å²) in [6.45, 7) is 3.78. The molecular formula is C23H25FN6OS. The molecule has 2 aromatic carbocycles. The SMILES string of the molecule is Cc1ccc(C2CC3C4NN=C(SCC(=O)Nc5ccc(C)c(F)c5)N4C=CN3N2)cc1. The minimum Gasteiger partial charge on any atom is -0.325 e. The number of carbonyl (C=O) groups is 1. The van der Waals surface area contributed by atoms with Crippen molar-refractivity contribution in [2.45, 2.75) is 38.5 Å². The van der Waals surface area contributed by atoms with Crippen LogP contribution in [0.25, 0.3) is 0 Å². The van der Waals surface area contributed by atoms with Gasteiger partial charge in [0.05, 0.1) is 17.8 Å². The monoisotopic (exact) mass is 452 g/mol. The fourth-order valence-electron chi connectivity index (χ4n) is 4.16. The molecule has 3 aliphatic rings. The van der Waals surface area contributed by atoms with Crippen molar-refractivity contribution in [3.8, 4) is 0 Å². The van der Waals surface area contributed by atoms with Crippen molar-refractivity contribution in [3.63, 3.8) is 0 Å². The van der Waals surface area contributed by atoms with Gasteiger partial charge in [0.15, 0.2) is 5.17 Å². The normalized spacial score (nSPS) is 23.5. The summed E-state index contributed by atoms with van der Waals surface area (Å²) >= 11 is 1.35. The first-order valence-corrected chi connectivity index (χ1v) is 11.6. The minimum atomic E-state index is -0.334. The fraction of sp³-hybridized carbons (Fsp3) is 0.304. The first-order chi connectivity index (χ1) is 15.5. The summed E-state index contributed by atoms with van der Waals surface area (Å²) in [6.07, 6.45) is 4.94. The highest BCUT2D eigenvalue weighted by Crippen LogP contribution is 2.35. The Kier molecular flexibility index (Phi) is 5.52. The zero-order chi connectivity index (χ0) is 22.2. The Morgan fingerprint density at radius 1 is 1.22 bits per heavy atom. The number of carbonyl (C=O) groups excluding carboxylic acids is 1. The second-order valence-corrected chi connectivity index (χ2v) is 9.22. The molecule has 0 saturated carbocycles. The van der Waals surface area contributed by atoms with Gasteiger partial charge in [-0.3, -0.25) is 10.2 Å². The van der Waals surface area contributed by atoms with Crippen LogP contribution in [0.2, 0.25) is 0 Å². The highest BCUT2D eigenvalue weighted by molar-refractivity contribution is 8.14. The van der Waals surface area contributed by atoms with Crippen molar-refractivity contribution in [1.82, 2.24) is 20.8 Å². The summed E-state index contributed by atoms with van der Waals surface area (Å²) in [5, 5.41) is 10.1. The van der Waals surface area contributed by atoms with Gasteiger partial charge < -0.3 is 15.2 Å². The van der Waals surface area contributed by atoms with Crippen molar-refractivity contribution in [2.75, 3.05) is 11.1 Å². The van der Waals surface area contributed by atoms with Crippen LogP contribution < -0.4 is 16.2 Å². The lowest BCUT2D eigenvalue weighted by Crippen LogP contribution is -2.54. The Bertz CT molecular complexity index is 1090. The van der Waals surface area contributed by atoms with Crippen LogP contribution in [-0.2, 0) is 4.79 Å². The first kappa shape index (κ1) is 20.8. The third-order valence-corrected chi connectivity index (χ3v) is 6.94. The van der Waals surface area contributed by atoms with Gasteiger partial charge in [0, 0.05) is 18.1 Å². The van der Waals surface area contributed by atoms with Gasteiger partial charge in [-0.2, -0.15) is 5.10 Å². The Morgan fingerprint density at radius 3 is 2.81 bits per heavy atom. The van der Waals surface area contributed by atoms with Crippen LogP contribution >= 0.6 is 11.8 Å². The van der Waals surface area contributed by atoms with E-state index >= 15 is 0 Å². The fourth-order valence-corrected chi connectivity index (χ4v) is 4.94. The number of hydrogen-bond donors (Lipinski definition) is 3. The van der Waals surface area contributed by atoms with Gasteiger partial charge in [-0.25, -0.2) is 9.82 Å². The van der Waals surface area contributed by atoms with E-state index in [1.807, 2.05) is 12.4 Å². The maximum atomic E-state index is 13.7. The van der Waals surface area contributed by atoms with E-state index in [1.165, 1.54) is 29.0 Å². The van der Waals surface area contributed by atoms with E-state index in [2.05, 4.69) is 62.4 Å². The number of amidine groups is 1. The van der Waals surface area contributed by atoms with E-state index in [-0.39, 0.29) is 35.7 Å². The lowest BCUT2D eigenvalue weighted by atomic mass is 9.99. The summed E-state index contributed by atoms with van der Waals surface area (Å²) in [6, 6.07) is 13.7. The van der Waals surface area contributed by atoms with E-state index in [9.17, 15) is 9.18 Å². The summed E-state index contributed by atoms with van der Waals surface area (Å²) in [5.74, 6) is -0.347. The third-order valence-electron chi connectivity index (χ3n) is 5.97. The molecule has 2 aromatic rings. The number of aryl methyl sites for hydroxylation is 2. The molecule has 3 heterocycles. The van der Waals surface area contributed by atoms with Crippen molar-refractivity contribution < 1.29 is 9.18 Å². The van der Waals surface area contributed by atoms with Crippen LogP contribution in [0.5, 0.6) is 0 Å². The number of amides is 1. The molecule has 3 aliphatic heterocycles. The van der Waals surface area contributed by atoms with Gasteiger partial charge in [0.25, 0.3) is 0 Å². The zero-order valence-electron chi connectivity index (χ0n) is 17.9. The molecule has 1 amide bonds. The number of rotatable bonds is 4. The number of benzene rings is 2. The highest BCUT2D eigenvalue weighted by atomic mass is 32.2. The van der Waals surface area contributed by atoms with Gasteiger partial charge in [-0.1, -0.05) is 47.7 Å². The smallest absolute Gasteiger partial charge is 0.234 e. The van der Waals surface area contributed by atoms with Gasteiger partial charge in [0.1, 0.15) is 12.0 Å². The maximum Gasteiger partial charge on any atom is 0.234 e. The minimum absolute atomic E-state index is 0.000274. The van der Waals surface area contributed by atoms with E-state index in [1.54, 1.807) is 19.1 Å². The van der Waals surface area contributed by atoms with Crippen LogP contribution in [-0.4, -0.2) is 38.9 Å². The third kappa shape index (κ3) is 4.05. The summed E-state index contributed by atoms with van der Waals surface area (Å²) < 4.78 is 13.7. The topological polar surface area (TPSA) is 72.0 Å². The average Bonchev–Trinajstić information content (AvgIpc) is 3.39. The number of hydrazine groups is 1. The molecule has 1 saturated heterocycles. The van der Waals surface area contributed by atoms with E-state index < -0.39 is 0 Å². The van der Waals surface area contributed by atoms with Gasteiger partial charge >= 0.3 is 0 Å². The Labute approximate surface area is 190 Å². The molecule has 3 N–H and O–H groups in total. The molecule has 32 heavy (non-hydrogen) atoms. The molecule has 0 aromatic heterocycles. The standard InChI is InChI=1S/C23H25FN6OS/c1-14-3-6-16(7-4-14)19-12-20-22-26-27-23(29(22)9-10-30(20)28-19)32-13-21(31)25-17-8-5-15(2)18(24)11-17/h3-11,19-20,22,26,28H,12-13H2,1-2H3,(H,25,31). The molecule has 0 spiro atoms. The first-order valence-electron chi connectivity index (χ1n) is 10.6. The number of nitrogens with zero attached hydrogens (tertiary/aromatic N) is 3. The Morgan fingerprint density at radius 2 is 2.03 bits per heavy atom. The maximum absolute atomic E-state index is 13.7. The molecule has 5 rings (SSSR count). The molecule has 3 atom stereocenters. The molecule has 3 unspecified atom stereocenters. The lowest BCUT2D eigenvalue weighted by Gasteiger charge is -2.36. The summed E-state index contributed by atoms with van der Waals surface area (Å²) in [7, 11) is 0. The van der Waals surface area contributed by atoms with E-state index in [4.69, 9.17) is 0 Å². The number of anilines is 1. The van der Waals surface area contributed by atoms with Crippen molar-refractivity contribution in [3.05, 3.63) is 77.4 Å². The molecule has 0 aliphatic carbocycles. The molecule has 166 valence electrons. The summed E-state index contributed by atoms with van der Waals surface area (Å²) in [4.78, 5) is 14.4. The number of thioether (sulfide) groups is 1. The van der Waals surface area contributed by atoms with Crippen molar-refractivity contribution in [1.29, 1.82) is 0 Å². The van der Waals surface area contributed by atoms with Crippen LogP contribution in [0.4, 0.5) is 10.1 Å². The van der Waals surface area contributed by atoms with Gasteiger partial charge in [-0.05, 0) is 43.5 Å². The molecular weight excluding hydrogens is 427 g/mol. The second-order valence-electron chi connectivity index (χ2n) is 8.28. The number of hydrogen-bond acceptors (Lipinski definition) is 7. The predicted molar refractivity (Wildman–Crippen MR) is 125 cm³/mol. The lowest BCUT2D eigenvalue weighted by molar-refractivity contribution is -0.113. The van der Waals surface area contributed by atoms with E-state index in [0.29, 0.717) is 11.3 Å². The number of fused-ring (bicyclic) bond motifs is 3. The van der Waals surface area contributed by atoms with Crippen molar-refractivity contribution >= 4 is 28.5 Å². The van der Waals surface area contributed by atoms with Crippen LogP contribution in [0.1, 0.15) is 29.2 Å². The molecule has 0 bridgehead atoms. The predicted octanol–water partition coefficient (Wildman–Crippen LogP) is 3.42. The average molecular weight is 453 g/mol. The van der Waals surface area contributed by atoms with Crippen molar-refractivity contribution in [2.24, 2.45) is 5.10 Å². The Balaban J connectivity index is 1.18. The molecule has 7 nitrogen and oxygen atoms in total. The Hall–Kier alpha value is -3.04. The van der Waals surface area contributed by atoms with E-state index in [0.717, 1.165) is 11.6 Å². The highest BCUT2D eigenvalue weighted by Gasteiger charge is 2.44. The van der Waals surface area contributed by atoms with Crippen LogP contribution in [0.15, 0.2) is 60.0 Å². The molecule has 1 fully saturated rings. The molecule has 0 radical (unpaired) electrons. The quantitative estimate of drug-likeness (QED) is 0.660. The van der Waals surface area contributed by atoms with Crippen LogP contribution in [0, 0.1) is 19.7 Å². The second kappa shape index (κ2) is 8.48. The zero-order valence-corrected chi connectivity index (χ0v) is 18.7. The molecule has 9 heteroatoms.